The molecular weight excluding hydrogens is 304 g/mol. The van der Waals surface area contributed by atoms with Gasteiger partial charge in [0.1, 0.15) is 12.0 Å². The first kappa shape index (κ1) is 16.7. The van der Waals surface area contributed by atoms with E-state index in [2.05, 4.69) is 34.1 Å². The molecule has 0 amide bonds. The van der Waals surface area contributed by atoms with Crippen molar-refractivity contribution in [3.63, 3.8) is 0 Å². The summed E-state index contributed by atoms with van der Waals surface area (Å²) in [6, 6.07) is 11.9. The Morgan fingerprint density at radius 2 is 2.12 bits per heavy atom. The minimum absolute atomic E-state index is 0.339. The molecule has 1 atom stereocenters. The van der Waals surface area contributed by atoms with E-state index in [0.29, 0.717) is 18.2 Å². The number of aromatic hydroxyl groups is 1. The molecule has 5 nitrogen and oxygen atoms in total. The van der Waals surface area contributed by atoms with E-state index in [1.165, 1.54) is 18.1 Å². The Bertz CT molecular complexity index is 714. The van der Waals surface area contributed by atoms with E-state index in [9.17, 15) is 9.90 Å². The molecule has 1 saturated heterocycles. The molecule has 0 aliphatic carbocycles. The van der Waals surface area contributed by atoms with Crippen molar-refractivity contribution in [1.82, 2.24) is 9.80 Å². The Labute approximate surface area is 142 Å². The molecule has 0 bridgehead atoms. The van der Waals surface area contributed by atoms with Crippen LogP contribution >= 0.6 is 0 Å². The number of likely N-dealkylation sites (tertiary alicyclic amines) is 1. The zero-order chi connectivity index (χ0) is 16.9. The highest BCUT2D eigenvalue weighted by Gasteiger charge is 2.23. The van der Waals surface area contributed by atoms with Crippen molar-refractivity contribution in [1.29, 1.82) is 0 Å². The van der Waals surface area contributed by atoms with Crippen LogP contribution in [-0.4, -0.2) is 41.6 Å². The summed E-state index contributed by atoms with van der Waals surface area (Å²) in [6.07, 6.45) is 2.30. The molecule has 3 rings (SSSR count). The number of hydrogen-bond donors (Lipinski definition) is 1. The van der Waals surface area contributed by atoms with Crippen molar-refractivity contribution in [2.24, 2.45) is 5.92 Å². The molecule has 2 heterocycles. The van der Waals surface area contributed by atoms with Gasteiger partial charge in [0, 0.05) is 25.7 Å². The monoisotopic (exact) mass is 328 g/mol. The smallest absolute Gasteiger partial charge is 0.226 e. The molecule has 1 unspecified atom stereocenters. The van der Waals surface area contributed by atoms with Crippen molar-refractivity contribution in [2.75, 3.05) is 26.7 Å². The number of nitrogens with zero attached hydrogens (tertiary/aromatic N) is 2. The summed E-state index contributed by atoms with van der Waals surface area (Å²) in [5.41, 5.74) is 0.969. The lowest BCUT2D eigenvalue weighted by Gasteiger charge is -2.21. The third kappa shape index (κ3) is 4.46. The van der Waals surface area contributed by atoms with Crippen molar-refractivity contribution in [3.8, 4) is 5.75 Å². The van der Waals surface area contributed by atoms with Crippen LogP contribution in [-0.2, 0) is 13.1 Å². The van der Waals surface area contributed by atoms with Crippen molar-refractivity contribution >= 4 is 0 Å². The molecule has 1 N–H and O–H groups in total. The molecule has 24 heavy (non-hydrogen) atoms. The minimum Gasteiger partial charge on any atom is -0.502 e. The molecular formula is C19H24N2O3. The predicted molar refractivity (Wildman–Crippen MR) is 92.8 cm³/mol. The Balaban J connectivity index is 1.48. The fraction of sp³-hybridized carbons (Fsp3) is 0.421. The predicted octanol–water partition coefficient (Wildman–Crippen LogP) is 2.30. The largest absolute Gasteiger partial charge is 0.502 e. The maximum atomic E-state index is 11.4. The van der Waals surface area contributed by atoms with Gasteiger partial charge in [-0.1, -0.05) is 30.3 Å². The fourth-order valence-electron chi connectivity index (χ4n) is 3.35. The van der Waals surface area contributed by atoms with E-state index < -0.39 is 0 Å². The van der Waals surface area contributed by atoms with Crippen LogP contribution in [0.1, 0.15) is 17.7 Å². The first-order chi connectivity index (χ1) is 11.6. The van der Waals surface area contributed by atoms with Gasteiger partial charge in [-0.05, 0) is 31.5 Å². The van der Waals surface area contributed by atoms with Gasteiger partial charge >= 0.3 is 0 Å². The summed E-state index contributed by atoms with van der Waals surface area (Å²) < 4.78 is 5.27. The van der Waals surface area contributed by atoms with Gasteiger partial charge in [-0.15, -0.1) is 0 Å². The minimum atomic E-state index is -0.389. The Morgan fingerprint density at radius 3 is 2.88 bits per heavy atom. The molecule has 2 aromatic rings. The maximum Gasteiger partial charge on any atom is 0.226 e. The second-order valence-corrected chi connectivity index (χ2v) is 6.67. The zero-order valence-electron chi connectivity index (χ0n) is 14.0. The van der Waals surface area contributed by atoms with Crippen molar-refractivity contribution in [3.05, 3.63) is 64.2 Å². The topological polar surface area (TPSA) is 56.9 Å². The van der Waals surface area contributed by atoms with Crippen LogP contribution in [0.15, 0.2) is 51.9 Å². The van der Waals surface area contributed by atoms with Crippen molar-refractivity contribution < 1.29 is 9.52 Å². The lowest BCUT2D eigenvalue weighted by Crippen LogP contribution is -2.28. The van der Waals surface area contributed by atoms with Gasteiger partial charge in [0.2, 0.25) is 5.43 Å². The lowest BCUT2D eigenvalue weighted by molar-refractivity contribution is 0.237. The van der Waals surface area contributed by atoms with Crippen LogP contribution in [0.25, 0.3) is 0 Å². The summed E-state index contributed by atoms with van der Waals surface area (Å²) in [6.45, 7) is 4.77. The summed E-state index contributed by atoms with van der Waals surface area (Å²) in [4.78, 5) is 16.1. The van der Waals surface area contributed by atoms with Gasteiger partial charge in [-0.2, -0.15) is 0 Å². The van der Waals surface area contributed by atoms with Gasteiger partial charge in [-0.25, -0.2) is 0 Å². The molecule has 1 aliphatic rings. The third-order valence-corrected chi connectivity index (χ3v) is 4.48. The number of benzene rings is 1. The van der Waals surface area contributed by atoms with Gasteiger partial charge in [0.05, 0.1) is 6.54 Å². The van der Waals surface area contributed by atoms with Crippen LogP contribution in [0, 0.1) is 5.92 Å². The number of rotatable bonds is 6. The van der Waals surface area contributed by atoms with Crippen LogP contribution in [0.2, 0.25) is 0 Å². The first-order valence-corrected chi connectivity index (χ1v) is 8.35. The van der Waals surface area contributed by atoms with E-state index in [0.717, 1.165) is 32.4 Å². The highest BCUT2D eigenvalue weighted by molar-refractivity contribution is 5.16. The van der Waals surface area contributed by atoms with E-state index in [4.69, 9.17) is 4.42 Å². The summed E-state index contributed by atoms with van der Waals surface area (Å²) in [7, 11) is 2.03. The molecule has 0 spiro atoms. The van der Waals surface area contributed by atoms with Gasteiger partial charge in [0.15, 0.2) is 5.75 Å². The van der Waals surface area contributed by atoms with Gasteiger partial charge < -0.3 is 9.52 Å². The first-order valence-electron chi connectivity index (χ1n) is 8.35. The maximum absolute atomic E-state index is 11.4. The standard InChI is InChI=1S/C19H24N2O3/c1-20(13-17-9-18(22)19(23)14-24-17)10-16-7-8-21(12-16)11-15-5-3-2-4-6-15/h2-6,9,14,16,23H,7-8,10-13H2,1H3. The quantitative estimate of drug-likeness (QED) is 0.882. The van der Waals surface area contributed by atoms with Gasteiger partial charge in [0.25, 0.3) is 0 Å². The van der Waals surface area contributed by atoms with E-state index in [1.807, 2.05) is 13.1 Å². The SMILES string of the molecule is CN(Cc1cc(=O)c(O)co1)CC1CCN(Cc2ccccc2)C1. The Kier molecular flexibility index (Phi) is 5.33. The molecule has 1 aliphatic heterocycles. The van der Waals surface area contributed by atoms with Crippen LogP contribution in [0.3, 0.4) is 0 Å². The van der Waals surface area contributed by atoms with Crippen molar-refractivity contribution in [2.45, 2.75) is 19.5 Å². The highest BCUT2D eigenvalue weighted by Crippen LogP contribution is 2.20. The molecule has 1 aromatic carbocycles. The van der Waals surface area contributed by atoms with E-state index in [1.54, 1.807) is 0 Å². The normalized spacial score (nSPS) is 18.3. The molecule has 1 fully saturated rings. The van der Waals surface area contributed by atoms with Crippen LogP contribution < -0.4 is 5.43 Å². The Hall–Kier alpha value is -2.11. The molecule has 5 heteroatoms. The third-order valence-electron chi connectivity index (χ3n) is 4.48. The van der Waals surface area contributed by atoms with Crippen LogP contribution in [0.5, 0.6) is 5.75 Å². The summed E-state index contributed by atoms with van der Waals surface area (Å²) >= 11 is 0. The summed E-state index contributed by atoms with van der Waals surface area (Å²) in [5.74, 6) is 0.871. The molecule has 1 aromatic heterocycles. The molecule has 0 saturated carbocycles. The zero-order valence-corrected chi connectivity index (χ0v) is 14.0. The Morgan fingerprint density at radius 1 is 1.33 bits per heavy atom. The fourth-order valence-corrected chi connectivity index (χ4v) is 3.35. The molecule has 128 valence electrons. The summed E-state index contributed by atoms with van der Waals surface area (Å²) in [5, 5.41) is 9.23. The second-order valence-electron chi connectivity index (χ2n) is 6.67. The number of hydrogen-bond acceptors (Lipinski definition) is 5. The average molecular weight is 328 g/mol. The van der Waals surface area contributed by atoms with E-state index in [-0.39, 0.29) is 11.2 Å². The van der Waals surface area contributed by atoms with Gasteiger partial charge in [-0.3, -0.25) is 14.6 Å². The second kappa shape index (κ2) is 7.64. The molecule has 0 radical (unpaired) electrons. The van der Waals surface area contributed by atoms with Crippen LogP contribution in [0.4, 0.5) is 0 Å². The average Bonchev–Trinajstić information content (AvgIpc) is 2.99. The lowest BCUT2D eigenvalue weighted by atomic mass is 10.1. The highest BCUT2D eigenvalue weighted by atomic mass is 16.4. The van der Waals surface area contributed by atoms with E-state index >= 15 is 0 Å².